The standard InChI is InChI=1S/C28H39N3O5/c1-19(2)10-13-24(26(32)30-36)18-31(17-20(3)4)28(35)29-25(27(33)34)16-21-11-14-23(15-12-21)22-8-6-5-7-9-22/h5-9,11-12,14-15,19-20,24-25,36H,10,13,16-18H2,1-4H3,(H,29,35)(H,30,32)(H,33,34)/t24?,25-/m0/s1. The van der Waals surface area contributed by atoms with Gasteiger partial charge in [-0.15, -0.1) is 0 Å². The highest BCUT2D eigenvalue weighted by Crippen LogP contribution is 2.20. The number of urea groups is 1. The second-order valence-corrected chi connectivity index (χ2v) is 10.1. The molecule has 0 aromatic heterocycles. The van der Waals surface area contributed by atoms with E-state index >= 15 is 0 Å². The first-order chi connectivity index (χ1) is 17.1. The highest BCUT2D eigenvalue weighted by atomic mass is 16.5. The van der Waals surface area contributed by atoms with Crippen molar-refractivity contribution >= 4 is 17.9 Å². The zero-order chi connectivity index (χ0) is 26.7. The van der Waals surface area contributed by atoms with Crippen LogP contribution in [0.15, 0.2) is 54.6 Å². The Labute approximate surface area is 213 Å². The minimum Gasteiger partial charge on any atom is -0.480 e. The van der Waals surface area contributed by atoms with Gasteiger partial charge in [-0.05, 0) is 34.9 Å². The van der Waals surface area contributed by atoms with Crippen molar-refractivity contribution in [3.8, 4) is 11.1 Å². The number of benzene rings is 2. The summed E-state index contributed by atoms with van der Waals surface area (Å²) in [5.74, 6) is -1.82. The number of nitrogens with one attached hydrogen (secondary N) is 2. The Kier molecular flexibility index (Phi) is 11.4. The van der Waals surface area contributed by atoms with Gasteiger partial charge in [0.05, 0.1) is 5.92 Å². The highest BCUT2D eigenvalue weighted by molar-refractivity contribution is 5.84. The number of rotatable bonds is 13. The number of amides is 3. The topological polar surface area (TPSA) is 119 Å². The average Bonchev–Trinajstić information content (AvgIpc) is 2.85. The summed E-state index contributed by atoms with van der Waals surface area (Å²) in [5.41, 5.74) is 4.57. The molecular weight excluding hydrogens is 458 g/mol. The largest absolute Gasteiger partial charge is 0.480 e. The molecule has 0 bridgehead atoms. The van der Waals surface area contributed by atoms with Gasteiger partial charge in [0.1, 0.15) is 6.04 Å². The predicted molar refractivity (Wildman–Crippen MR) is 139 cm³/mol. The van der Waals surface area contributed by atoms with Gasteiger partial charge in [0, 0.05) is 19.5 Å². The van der Waals surface area contributed by atoms with E-state index in [1.54, 1.807) is 5.48 Å². The normalized spacial score (nSPS) is 12.8. The third-order valence-corrected chi connectivity index (χ3v) is 5.98. The van der Waals surface area contributed by atoms with Gasteiger partial charge in [0.25, 0.3) is 0 Å². The summed E-state index contributed by atoms with van der Waals surface area (Å²) >= 11 is 0. The number of hydrogen-bond acceptors (Lipinski definition) is 4. The van der Waals surface area contributed by atoms with E-state index in [2.05, 4.69) is 5.32 Å². The van der Waals surface area contributed by atoms with Crippen LogP contribution in [0.2, 0.25) is 0 Å². The van der Waals surface area contributed by atoms with Crippen LogP contribution in [-0.2, 0) is 16.0 Å². The van der Waals surface area contributed by atoms with Crippen LogP contribution in [0.4, 0.5) is 4.79 Å². The average molecular weight is 498 g/mol. The van der Waals surface area contributed by atoms with Crippen molar-refractivity contribution in [1.82, 2.24) is 15.7 Å². The molecule has 2 aromatic carbocycles. The lowest BCUT2D eigenvalue weighted by Gasteiger charge is -2.30. The fourth-order valence-corrected chi connectivity index (χ4v) is 4.02. The summed E-state index contributed by atoms with van der Waals surface area (Å²) in [6, 6.07) is 15.8. The van der Waals surface area contributed by atoms with Crippen molar-refractivity contribution in [2.24, 2.45) is 17.8 Å². The third kappa shape index (κ3) is 9.34. The Hall–Kier alpha value is -3.39. The number of nitrogens with zero attached hydrogens (tertiary/aromatic N) is 1. The monoisotopic (exact) mass is 497 g/mol. The van der Waals surface area contributed by atoms with E-state index in [1.807, 2.05) is 82.3 Å². The smallest absolute Gasteiger partial charge is 0.326 e. The first kappa shape index (κ1) is 28.8. The van der Waals surface area contributed by atoms with Gasteiger partial charge in [0.15, 0.2) is 0 Å². The molecule has 0 heterocycles. The van der Waals surface area contributed by atoms with Gasteiger partial charge in [0.2, 0.25) is 5.91 Å². The Balaban J connectivity index is 2.13. The summed E-state index contributed by atoms with van der Waals surface area (Å²) in [4.78, 5) is 38.9. The first-order valence-electron chi connectivity index (χ1n) is 12.5. The molecule has 196 valence electrons. The van der Waals surface area contributed by atoms with Crippen LogP contribution in [0.1, 0.15) is 46.1 Å². The molecule has 0 aliphatic heterocycles. The van der Waals surface area contributed by atoms with Crippen molar-refractivity contribution in [1.29, 1.82) is 0 Å². The molecule has 2 aromatic rings. The van der Waals surface area contributed by atoms with E-state index in [1.165, 1.54) is 4.90 Å². The van der Waals surface area contributed by atoms with Crippen molar-refractivity contribution < 1.29 is 24.7 Å². The summed E-state index contributed by atoms with van der Waals surface area (Å²) in [6.07, 6.45) is 1.38. The highest BCUT2D eigenvalue weighted by Gasteiger charge is 2.28. The number of carboxylic acid groups (broad SMARTS) is 1. The van der Waals surface area contributed by atoms with Gasteiger partial charge in [-0.25, -0.2) is 15.1 Å². The maximum Gasteiger partial charge on any atom is 0.326 e. The quantitative estimate of drug-likeness (QED) is 0.239. The molecule has 8 nitrogen and oxygen atoms in total. The van der Waals surface area contributed by atoms with E-state index in [0.29, 0.717) is 18.9 Å². The Morgan fingerprint density at radius 2 is 1.44 bits per heavy atom. The lowest BCUT2D eigenvalue weighted by molar-refractivity contribution is -0.139. The molecule has 0 fully saturated rings. The van der Waals surface area contributed by atoms with Gasteiger partial charge < -0.3 is 15.3 Å². The molecule has 0 radical (unpaired) electrons. The number of hydrogen-bond donors (Lipinski definition) is 4. The van der Waals surface area contributed by atoms with E-state index in [9.17, 15) is 24.7 Å². The Morgan fingerprint density at radius 1 is 0.833 bits per heavy atom. The zero-order valence-corrected chi connectivity index (χ0v) is 21.6. The summed E-state index contributed by atoms with van der Waals surface area (Å²) < 4.78 is 0. The minimum absolute atomic E-state index is 0.0846. The molecule has 0 saturated heterocycles. The zero-order valence-electron chi connectivity index (χ0n) is 21.6. The van der Waals surface area contributed by atoms with Crippen molar-refractivity contribution in [3.05, 3.63) is 60.2 Å². The molecule has 0 aliphatic carbocycles. The Morgan fingerprint density at radius 3 is 1.97 bits per heavy atom. The molecule has 0 spiro atoms. The van der Waals surface area contributed by atoms with Gasteiger partial charge in [-0.3, -0.25) is 10.0 Å². The van der Waals surface area contributed by atoms with Crippen molar-refractivity contribution in [2.75, 3.05) is 13.1 Å². The minimum atomic E-state index is -1.13. The molecular formula is C28H39N3O5. The number of aliphatic carboxylic acids is 1. The molecule has 2 atom stereocenters. The van der Waals surface area contributed by atoms with Crippen LogP contribution in [0.25, 0.3) is 11.1 Å². The van der Waals surface area contributed by atoms with Gasteiger partial charge in [-0.1, -0.05) is 88.7 Å². The third-order valence-electron chi connectivity index (χ3n) is 5.98. The van der Waals surface area contributed by atoms with E-state index in [-0.39, 0.29) is 18.9 Å². The lowest BCUT2D eigenvalue weighted by Crippen LogP contribution is -2.52. The van der Waals surface area contributed by atoms with Crippen LogP contribution >= 0.6 is 0 Å². The maximum atomic E-state index is 13.2. The molecule has 3 amide bonds. The summed E-state index contributed by atoms with van der Waals surface area (Å²) in [6.45, 7) is 8.39. The summed E-state index contributed by atoms with van der Waals surface area (Å²) in [5, 5.41) is 21.6. The summed E-state index contributed by atoms with van der Waals surface area (Å²) in [7, 11) is 0. The van der Waals surface area contributed by atoms with E-state index < -0.39 is 29.9 Å². The molecule has 36 heavy (non-hydrogen) atoms. The molecule has 2 rings (SSSR count). The second kappa shape index (κ2) is 14.2. The molecule has 0 saturated carbocycles. The number of carbonyl (C=O) groups is 3. The second-order valence-electron chi connectivity index (χ2n) is 10.1. The fourth-order valence-electron chi connectivity index (χ4n) is 4.02. The van der Waals surface area contributed by atoms with Crippen LogP contribution in [0.3, 0.4) is 0 Å². The number of carboxylic acids is 1. The van der Waals surface area contributed by atoms with Crippen molar-refractivity contribution in [3.63, 3.8) is 0 Å². The van der Waals surface area contributed by atoms with Gasteiger partial charge >= 0.3 is 12.0 Å². The van der Waals surface area contributed by atoms with Crippen LogP contribution < -0.4 is 10.8 Å². The van der Waals surface area contributed by atoms with E-state index in [4.69, 9.17) is 0 Å². The molecule has 4 N–H and O–H groups in total. The van der Waals surface area contributed by atoms with Crippen molar-refractivity contribution in [2.45, 2.75) is 53.0 Å². The molecule has 0 aliphatic rings. The van der Waals surface area contributed by atoms with Gasteiger partial charge in [-0.2, -0.15) is 0 Å². The first-order valence-corrected chi connectivity index (χ1v) is 12.5. The predicted octanol–water partition coefficient (Wildman–Crippen LogP) is 4.57. The SMILES string of the molecule is CC(C)CCC(CN(CC(C)C)C(=O)N[C@@H](Cc1ccc(-c2ccccc2)cc1)C(=O)O)C(=O)NO. The molecule has 1 unspecified atom stereocenters. The molecule has 8 heteroatoms. The maximum absolute atomic E-state index is 13.2. The number of hydroxylamine groups is 1. The number of carbonyl (C=O) groups excluding carboxylic acids is 2. The van der Waals surface area contributed by atoms with Crippen LogP contribution in [0.5, 0.6) is 0 Å². The van der Waals surface area contributed by atoms with Crippen LogP contribution in [0, 0.1) is 17.8 Å². The fraction of sp³-hybridized carbons (Fsp3) is 0.464. The lowest BCUT2D eigenvalue weighted by atomic mass is 9.96. The Bertz CT molecular complexity index is 976. The van der Waals surface area contributed by atoms with E-state index in [0.717, 1.165) is 23.1 Å². The van der Waals surface area contributed by atoms with Crippen LogP contribution in [-0.4, -0.2) is 52.3 Å².